The molecule has 1 aliphatic rings. The largest absolute Gasteiger partial charge is 0.394 e. The lowest BCUT2D eigenvalue weighted by Gasteiger charge is -2.40. The van der Waals surface area contributed by atoms with Crippen molar-refractivity contribution in [2.75, 3.05) is 13.2 Å². The van der Waals surface area contributed by atoms with Crippen LogP contribution in [0.5, 0.6) is 0 Å². The Bertz CT molecular complexity index is 884. The Balaban J connectivity index is 2.48. The molecular formula is C36H61NO8. The molecular weight excluding hydrogens is 574 g/mol. The summed E-state index contributed by atoms with van der Waals surface area (Å²) in [6.07, 6.45) is 25.8. The number of aliphatic hydroxyl groups is 5. The van der Waals surface area contributed by atoms with Crippen molar-refractivity contribution in [2.24, 2.45) is 0 Å². The Morgan fingerprint density at radius 1 is 0.778 bits per heavy atom. The molecule has 6 N–H and O–H groups in total. The van der Waals surface area contributed by atoms with Crippen molar-refractivity contribution in [3.8, 4) is 0 Å². The molecule has 0 aromatic heterocycles. The Hall–Kier alpha value is -2.11. The van der Waals surface area contributed by atoms with Gasteiger partial charge in [0.25, 0.3) is 0 Å². The summed E-state index contributed by atoms with van der Waals surface area (Å²) < 4.78 is 11.1. The third-order valence-corrected chi connectivity index (χ3v) is 7.56. The summed E-state index contributed by atoms with van der Waals surface area (Å²) in [5, 5.41) is 53.5. The minimum absolute atomic E-state index is 0.213. The first kappa shape index (κ1) is 40.9. The summed E-state index contributed by atoms with van der Waals surface area (Å²) in [6.45, 7) is 3.47. The van der Waals surface area contributed by atoms with Crippen molar-refractivity contribution in [1.29, 1.82) is 0 Å². The first-order chi connectivity index (χ1) is 21.8. The highest BCUT2D eigenvalue weighted by atomic mass is 16.7. The van der Waals surface area contributed by atoms with Gasteiger partial charge in [-0.25, -0.2) is 0 Å². The van der Waals surface area contributed by atoms with Crippen LogP contribution in [0.15, 0.2) is 60.8 Å². The van der Waals surface area contributed by atoms with Crippen molar-refractivity contribution in [3.05, 3.63) is 60.8 Å². The zero-order valence-corrected chi connectivity index (χ0v) is 27.6. The molecule has 1 aliphatic heterocycles. The second-order valence-corrected chi connectivity index (χ2v) is 11.6. The van der Waals surface area contributed by atoms with E-state index in [1.807, 2.05) is 6.08 Å². The predicted molar refractivity (Wildman–Crippen MR) is 179 cm³/mol. The van der Waals surface area contributed by atoms with Crippen LogP contribution < -0.4 is 5.32 Å². The fourth-order valence-electron chi connectivity index (χ4n) is 4.78. The predicted octanol–water partition coefficient (Wildman–Crippen LogP) is 4.93. The number of allylic oxidation sites excluding steroid dienone is 9. The fraction of sp³-hybridized carbons (Fsp3) is 0.694. The minimum atomic E-state index is -1.57. The van der Waals surface area contributed by atoms with E-state index in [-0.39, 0.29) is 12.5 Å². The van der Waals surface area contributed by atoms with Gasteiger partial charge in [-0.15, -0.1) is 0 Å². The summed E-state index contributed by atoms with van der Waals surface area (Å²) in [5.41, 5.74) is 0. The van der Waals surface area contributed by atoms with Gasteiger partial charge < -0.3 is 40.3 Å². The van der Waals surface area contributed by atoms with Crippen LogP contribution in [-0.2, 0) is 14.3 Å². The molecule has 0 saturated carbocycles. The smallest absolute Gasteiger partial charge is 0.220 e. The number of amides is 1. The Morgan fingerprint density at radius 3 is 2.11 bits per heavy atom. The molecule has 0 aliphatic carbocycles. The van der Waals surface area contributed by atoms with Crippen molar-refractivity contribution < 1.29 is 39.8 Å². The van der Waals surface area contributed by atoms with E-state index in [2.05, 4.69) is 67.8 Å². The van der Waals surface area contributed by atoms with E-state index in [1.54, 1.807) is 6.08 Å². The number of rotatable bonds is 25. The summed E-state index contributed by atoms with van der Waals surface area (Å²) in [6, 6.07) is -0.828. The van der Waals surface area contributed by atoms with Gasteiger partial charge in [0.2, 0.25) is 5.91 Å². The minimum Gasteiger partial charge on any atom is -0.394 e. The normalized spacial score (nSPS) is 24.1. The molecule has 9 heteroatoms. The van der Waals surface area contributed by atoms with Gasteiger partial charge in [0.15, 0.2) is 6.29 Å². The number of hydrogen-bond acceptors (Lipinski definition) is 8. The number of carbonyl (C=O) groups is 1. The fourth-order valence-corrected chi connectivity index (χ4v) is 4.78. The molecule has 258 valence electrons. The van der Waals surface area contributed by atoms with Gasteiger partial charge in [0.05, 0.1) is 25.4 Å². The number of nitrogens with one attached hydrogen (secondary N) is 1. The summed E-state index contributed by atoms with van der Waals surface area (Å²) in [5.74, 6) is -0.214. The van der Waals surface area contributed by atoms with Crippen molar-refractivity contribution in [1.82, 2.24) is 5.32 Å². The van der Waals surface area contributed by atoms with Crippen molar-refractivity contribution in [3.63, 3.8) is 0 Å². The average molecular weight is 636 g/mol. The number of hydrogen-bond donors (Lipinski definition) is 6. The second kappa shape index (κ2) is 27.0. The third kappa shape index (κ3) is 19.2. The molecule has 1 saturated heterocycles. The molecule has 7 atom stereocenters. The van der Waals surface area contributed by atoms with E-state index in [1.165, 1.54) is 0 Å². The van der Waals surface area contributed by atoms with E-state index in [0.29, 0.717) is 6.42 Å². The Kier molecular flexibility index (Phi) is 24.6. The van der Waals surface area contributed by atoms with Crippen LogP contribution in [0.3, 0.4) is 0 Å². The summed E-state index contributed by atoms with van der Waals surface area (Å²) in [7, 11) is 0. The maximum Gasteiger partial charge on any atom is 0.220 e. The third-order valence-electron chi connectivity index (χ3n) is 7.56. The lowest BCUT2D eigenvalue weighted by Crippen LogP contribution is -2.60. The van der Waals surface area contributed by atoms with Crippen LogP contribution in [0.1, 0.15) is 104 Å². The van der Waals surface area contributed by atoms with Gasteiger partial charge in [0, 0.05) is 6.42 Å². The first-order valence-electron chi connectivity index (χ1n) is 17.0. The van der Waals surface area contributed by atoms with E-state index in [9.17, 15) is 30.3 Å². The molecule has 0 radical (unpaired) electrons. The standard InChI is InChI=1S/C36H61NO8/c1-3-5-7-9-11-12-13-14-15-16-17-18-20-22-24-26-32(40)37-29(30(39)25-23-21-19-10-8-6-4-2)28-44-36-35(43)34(42)33(41)31(27-38)45-36/h5,7-8,10-12,14-15,23,25,29-31,33-36,38-39,41-43H,3-4,6,9,13,16-22,24,26-28H2,1-2H3,(H,37,40)/b7-5-,10-8+,12-11-,15-14-,25-23+. The number of ether oxygens (including phenoxy) is 2. The van der Waals surface area contributed by atoms with E-state index < -0.39 is 49.5 Å². The lowest BCUT2D eigenvalue weighted by atomic mass is 9.99. The SMILES string of the molecule is CC/C=C\C/C=C\C/C=C\CCCCCCCC(=O)NC(COC1OC(CO)C(O)C(O)C1O)C(O)/C=C/CC/C=C/CCC. The second-order valence-electron chi connectivity index (χ2n) is 11.6. The average Bonchev–Trinajstić information content (AvgIpc) is 3.04. The van der Waals surface area contributed by atoms with Crippen molar-refractivity contribution in [2.45, 2.75) is 147 Å². The molecule has 1 heterocycles. The van der Waals surface area contributed by atoms with E-state index in [0.717, 1.165) is 83.5 Å². The number of aliphatic hydroxyl groups excluding tert-OH is 5. The monoisotopic (exact) mass is 635 g/mol. The maximum absolute atomic E-state index is 12.8. The number of carbonyl (C=O) groups excluding carboxylic acids is 1. The Labute approximate surface area is 271 Å². The zero-order valence-electron chi connectivity index (χ0n) is 27.6. The molecule has 1 rings (SSSR count). The molecule has 0 aromatic rings. The van der Waals surface area contributed by atoms with Crippen LogP contribution in [0.2, 0.25) is 0 Å². The molecule has 0 spiro atoms. The highest BCUT2D eigenvalue weighted by molar-refractivity contribution is 5.76. The van der Waals surface area contributed by atoms with Crippen LogP contribution in [0.4, 0.5) is 0 Å². The van der Waals surface area contributed by atoms with Gasteiger partial charge >= 0.3 is 0 Å². The summed E-state index contributed by atoms with van der Waals surface area (Å²) >= 11 is 0. The van der Waals surface area contributed by atoms with Crippen LogP contribution >= 0.6 is 0 Å². The van der Waals surface area contributed by atoms with E-state index >= 15 is 0 Å². The molecule has 1 fully saturated rings. The lowest BCUT2D eigenvalue weighted by molar-refractivity contribution is -0.302. The van der Waals surface area contributed by atoms with Gasteiger partial charge in [-0.1, -0.05) is 100 Å². The maximum atomic E-state index is 12.8. The van der Waals surface area contributed by atoms with Crippen molar-refractivity contribution >= 4 is 5.91 Å². The van der Waals surface area contributed by atoms with Gasteiger partial charge in [-0.05, 0) is 57.8 Å². The molecule has 0 bridgehead atoms. The summed E-state index contributed by atoms with van der Waals surface area (Å²) in [4.78, 5) is 12.8. The molecule has 1 amide bonds. The topological polar surface area (TPSA) is 149 Å². The molecule has 7 unspecified atom stereocenters. The quantitative estimate of drug-likeness (QED) is 0.0611. The highest BCUT2D eigenvalue weighted by Crippen LogP contribution is 2.22. The number of unbranched alkanes of at least 4 members (excludes halogenated alkanes) is 7. The first-order valence-corrected chi connectivity index (χ1v) is 17.0. The van der Waals surface area contributed by atoms with E-state index in [4.69, 9.17) is 9.47 Å². The zero-order chi connectivity index (χ0) is 33.1. The Morgan fingerprint density at radius 2 is 1.40 bits per heavy atom. The van der Waals surface area contributed by atoms with Gasteiger partial charge in [0.1, 0.15) is 24.4 Å². The van der Waals surface area contributed by atoms with Crippen LogP contribution in [0.25, 0.3) is 0 Å². The van der Waals surface area contributed by atoms with Gasteiger partial charge in [-0.2, -0.15) is 0 Å². The highest BCUT2D eigenvalue weighted by Gasteiger charge is 2.44. The van der Waals surface area contributed by atoms with Crippen LogP contribution in [0, 0.1) is 0 Å². The van der Waals surface area contributed by atoms with Gasteiger partial charge in [-0.3, -0.25) is 4.79 Å². The molecule has 0 aromatic carbocycles. The molecule has 45 heavy (non-hydrogen) atoms. The van der Waals surface area contributed by atoms with Crippen LogP contribution in [-0.4, -0.2) is 87.5 Å². The molecule has 9 nitrogen and oxygen atoms in total.